The van der Waals surface area contributed by atoms with Gasteiger partial charge in [-0.1, -0.05) is 11.6 Å². The third-order valence-corrected chi connectivity index (χ3v) is 3.75. The smallest absolute Gasteiger partial charge is 0.274 e. The summed E-state index contributed by atoms with van der Waals surface area (Å²) in [6, 6.07) is 8.72. The maximum atomic E-state index is 12.5. The molecule has 1 amide bonds. The zero-order chi connectivity index (χ0) is 16.8. The van der Waals surface area contributed by atoms with Gasteiger partial charge in [-0.05, 0) is 44.2 Å². The van der Waals surface area contributed by atoms with E-state index in [0.29, 0.717) is 22.2 Å². The number of aromatic nitrogens is 1. The van der Waals surface area contributed by atoms with E-state index in [4.69, 9.17) is 16.3 Å². The van der Waals surface area contributed by atoms with Gasteiger partial charge in [0.05, 0.1) is 12.8 Å². The fourth-order valence-corrected chi connectivity index (χ4v) is 2.47. The highest BCUT2D eigenvalue weighted by atomic mass is 35.5. The van der Waals surface area contributed by atoms with Crippen LogP contribution in [0.25, 0.3) is 0 Å². The molecule has 0 aliphatic carbocycles. The fourth-order valence-electron chi connectivity index (χ4n) is 2.29. The molecule has 0 saturated heterocycles. The Morgan fingerprint density at radius 2 is 2.00 bits per heavy atom. The molecule has 0 aliphatic heterocycles. The van der Waals surface area contributed by atoms with Crippen LogP contribution in [0.4, 0.5) is 11.4 Å². The number of ether oxygens (including phenoxy) is 1. The molecule has 122 valence electrons. The number of carbonyl (C=O) groups excluding carboxylic acids is 1. The van der Waals surface area contributed by atoms with Crippen LogP contribution in [0, 0.1) is 0 Å². The summed E-state index contributed by atoms with van der Waals surface area (Å²) >= 11 is 5.98. The Balaban J connectivity index is 2.24. The fraction of sp³-hybridized carbons (Fsp3) is 0.294. The average Bonchev–Trinajstić information content (AvgIpc) is 2.56. The normalized spacial score (nSPS) is 10.3. The molecule has 1 aromatic carbocycles. The number of hydrogen-bond acceptors (Lipinski definition) is 4. The molecule has 1 heterocycles. The molecule has 0 aliphatic rings. The molecule has 5 nitrogen and oxygen atoms in total. The molecule has 0 fully saturated rings. The van der Waals surface area contributed by atoms with Crippen LogP contribution in [0.2, 0.25) is 5.02 Å². The number of hydrogen-bond donors (Lipinski definition) is 1. The maximum absolute atomic E-state index is 12.5. The van der Waals surface area contributed by atoms with Gasteiger partial charge in [-0.3, -0.25) is 9.78 Å². The predicted octanol–water partition coefficient (Wildman–Crippen LogP) is 3.84. The molecule has 0 spiro atoms. The zero-order valence-corrected chi connectivity index (χ0v) is 14.2. The van der Waals surface area contributed by atoms with Crippen LogP contribution in [0.5, 0.6) is 5.75 Å². The van der Waals surface area contributed by atoms with Gasteiger partial charge in [-0.2, -0.15) is 0 Å². The summed E-state index contributed by atoms with van der Waals surface area (Å²) in [4.78, 5) is 18.8. The third-order valence-electron chi connectivity index (χ3n) is 3.51. The molecule has 0 atom stereocenters. The number of rotatable bonds is 6. The Hall–Kier alpha value is -2.27. The van der Waals surface area contributed by atoms with Crippen molar-refractivity contribution < 1.29 is 9.53 Å². The standard InChI is InChI=1S/C17H20ClN3O2/c1-4-21(5-2)13-8-9-19-15(11-13)17(22)20-14-10-12(18)6-7-16(14)23-3/h6-11H,4-5H2,1-3H3,(H,20,22). The van der Waals surface area contributed by atoms with Crippen molar-refractivity contribution in [3.05, 3.63) is 47.2 Å². The quantitative estimate of drug-likeness (QED) is 0.872. The summed E-state index contributed by atoms with van der Waals surface area (Å²) < 4.78 is 5.23. The zero-order valence-electron chi connectivity index (χ0n) is 13.5. The summed E-state index contributed by atoms with van der Waals surface area (Å²) in [6.45, 7) is 5.87. The van der Waals surface area contributed by atoms with Crippen molar-refractivity contribution in [2.24, 2.45) is 0 Å². The number of methoxy groups -OCH3 is 1. The number of carbonyl (C=O) groups is 1. The van der Waals surface area contributed by atoms with Crippen molar-refractivity contribution >= 4 is 28.9 Å². The average molecular weight is 334 g/mol. The van der Waals surface area contributed by atoms with E-state index in [9.17, 15) is 4.79 Å². The Kier molecular flexibility index (Phi) is 5.82. The first-order valence-electron chi connectivity index (χ1n) is 7.44. The number of nitrogens with zero attached hydrogens (tertiary/aromatic N) is 2. The molecule has 0 bridgehead atoms. The molecule has 2 rings (SSSR count). The molecule has 2 aromatic rings. The Labute approximate surface area is 141 Å². The first-order chi connectivity index (χ1) is 11.1. The van der Waals surface area contributed by atoms with Crippen molar-refractivity contribution in [3.8, 4) is 5.75 Å². The minimum atomic E-state index is -0.306. The summed E-state index contributed by atoms with van der Waals surface area (Å²) in [5, 5.41) is 3.31. The SMILES string of the molecule is CCN(CC)c1ccnc(C(=O)Nc2cc(Cl)ccc2OC)c1. The molecule has 23 heavy (non-hydrogen) atoms. The van der Waals surface area contributed by atoms with Gasteiger partial charge in [0.1, 0.15) is 11.4 Å². The van der Waals surface area contributed by atoms with E-state index in [1.54, 1.807) is 30.5 Å². The maximum Gasteiger partial charge on any atom is 0.274 e. The van der Waals surface area contributed by atoms with E-state index < -0.39 is 0 Å². The Morgan fingerprint density at radius 1 is 1.26 bits per heavy atom. The van der Waals surface area contributed by atoms with Gasteiger partial charge in [0.15, 0.2) is 0 Å². The van der Waals surface area contributed by atoms with Crippen molar-refractivity contribution in [2.45, 2.75) is 13.8 Å². The first-order valence-corrected chi connectivity index (χ1v) is 7.82. The van der Waals surface area contributed by atoms with Crippen molar-refractivity contribution in [3.63, 3.8) is 0 Å². The van der Waals surface area contributed by atoms with Gasteiger partial charge in [-0.25, -0.2) is 0 Å². The Bertz CT molecular complexity index is 687. The summed E-state index contributed by atoms with van der Waals surface area (Å²) in [5.41, 5.74) is 1.82. The van der Waals surface area contributed by atoms with E-state index >= 15 is 0 Å². The number of anilines is 2. The second-order valence-corrected chi connectivity index (χ2v) is 5.31. The van der Waals surface area contributed by atoms with Gasteiger partial charge in [0.25, 0.3) is 5.91 Å². The van der Waals surface area contributed by atoms with Gasteiger partial charge in [0, 0.05) is 30.0 Å². The van der Waals surface area contributed by atoms with Crippen LogP contribution in [-0.4, -0.2) is 31.1 Å². The van der Waals surface area contributed by atoms with Crippen LogP contribution in [0.3, 0.4) is 0 Å². The highest BCUT2D eigenvalue weighted by Gasteiger charge is 2.13. The van der Waals surface area contributed by atoms with E-state index in [0.717, 1.165) is 18.8 Å². The van der Waals surface area contributed by atoms with E-state index in [2.05, 4.69) is 29.0 Å². The highest BCUT2D eigenvalue weighted by molar-refractivity contribution is 6.31. The van der Waals surface area contributed by atoms with Crippen LogP contribution in [0.1, 0.15) is 24.3 Å². The number of nitrogens with one attached hydrogen (secondary N) is 1. The second kappa shape index (κ2) is 7.83. The molecule has 0 saturated carbocycles. The third kappa shape index (κ3) is 4.13. The second-order valence-electron chi connectivity index (χ2n) is 4.87. The lowest BCUT2D eigenvalue weighted by molar-refractivity contribution is 0.102. The largest absolute Gasteiger partial charge is 0.495 e. The molecule has 1 aromatic heterocycles. The number of pyridine rings is 1. The van der Waals surface area contributed by atoms with Crippen molar-refractivity contribution in [1.29, 1.82) is 0 Å². The van der Waals surface area contributed by atoms with E-state index in [1.165, 1.54) is 7.11 Å². The number of halogens is 1. The minimum Gasteiger partial charge on any atom is -0.495 e. The molecule has 1 N–H and O–H groups in total. The highest BCUT2D eigenvalue weighted by Crippen LogP contribution is 2.28. The number of benzene rings is 1. The van der Waals surface area contributed by atoms with Crippen LogP contribution in [-0.2, 0) is 0 Å². The minimum absolute atomic E-state index is 0.306. The summed E-state index contributed by atoms with van der Waals surface area (Å²) in [6.07, 6.45) is 1.64. The lowest BCUT2D eigenvalue weighted by Gasteiger charge is -2.21. The first kappa shape index (κ1) is 17.1. The molecule has 0 radical (unpaired) electrons. The van der Waals surface area contributed by atoms with E-state index in [-0.39, 0.29) is 5.91 Å². The van der Waals surface area contributed by atoms with Crippen molar-refractivity contribution in [2.75, 3.05) is 30.4 Å². The topological polar surface area (TPSA) is 54.5 Å². The van der Waals surface area contributed by atoms with Crippen LogP contribution in [0.15, 0.2) is 36.5 Å². The van der Waals surface area contributed by atoms with Gasteiger partial charge < -0.3 is 15.0 Å². The lowest BCUT2D eigenvalue weighted by atomic mass is 10.2. The summed E-state index contributed by atoms with van der Waals surface area (Å²) in [5.74, 6) is 0.238. The van der Waals surface area contributed by atoms with Gasteiger partial charge in [0.2, 0.25) is 0 Å². The molecular formula is C17H20ClN3O2. The lowest BCUT2D eigenvalue weighted by Crippen LogP contribution is -2.23. The predicted molar refractivity (Wildman–Crippen MR) is 93.8 cm³/mol. The number of amides is 1. The van der Waals surface area contributed by atoms with Crippen LogP contribution < -0.4 is 15.0 Å². The molecule has 0 unspecified atom stereocenters. The summed E-state index contributed by atoms with van der Waals surface area (Å²) in [7, 11) is 1.54. The monoisotopic (exact) mass is 333 g/mol. The van der Waals surface area contributed by atoms with Gasteiger partial charge >= 0.3 is 0 Å². The van der Waals surface area contributed by atoms with Crippen molar-refractivity contribution in [1.82, 2.24) is 4.98 Å². The van der Waals surface area contributed by atoms with Gasteiger partial charge in [-0.15, -0.1) is 0 Å². The van der Waals surface area contributed by atoms with E-state index in [1.807, 2.05) is 6.07 Å². The Morgan fingerprint density at radius 3 is 2.65 bits per heavy atom. The van der Waals surface area contributed by atoms with Crippen LogP contribution >= 0.6 is 11.6 Å². The molecule has 6 heteroatoms. The molecular weight excluding hydrogens is 314 g/mol.